The smallest absolute Gasteiger partial charge is 0.154 e. The summed E-state index contributed by atoms with van der Waals surface area (Å²) in [6.45, 7) is 4.00. The quantitative estimate of drug-likeness (QED) is 0.770. The summed E-state index contributed by atoms with van der Waals surface area (Å²) in [4.78, 5) is 4.06. The van der Waals surface area contributed by atoms with E-state index in [9.17, 15) is 0 Å². The van der Waals surface area contributed by atoms with Crippen LogP contribution in [0.3, 0.4) is 0 Å². The normalized spacial score (nSPS) is 9.46. The molecule has 2 aromatic heterocycles. The lowest BCUT2D eigenvalue weighted by atomic mass is 10.5. The summed E-state index contributed by atoms with van der Waals surface area (Å²) in [6.07, 6.45) is 1.68. The minimum Gasteiger partial charge on any atom is -0.382 e. The molecule has 2 rings (SSSR count). The molecule has 13 heavy (non-hydrogen) atoms. The lowest BCUT2D eigenvalue weighted by molar-refractivity contribution is 0.925. The Balaban J connectivity index is 0.000000396. The van der Waals surface area contributed by atoms with Gasteiger partial charge in [0.2, 0.25) is 0 Å². The highest BCUT2D eigenvalue weighted by Crippen LogP contribution is 2.11. The SMILES string of the molecule is CC.Nc1ccc2ncc(Br)n2n1. The zero-order valence-corrected chi connectivity index (χ0v) is 9.12. The van der Waals surface area contributed by atoms with Crippen LogP contribution in [0.1, 0.15) is 13.8 Å². The summed E-state index contributed by atoms with van der Waals surface area (Å²) in [6, 6.07) is 3.53. The fourth-order valence-corrected chi connectivity index (χ4v) is 1.22. The minimum atomic E-state index is 0.483. The number of nitrogens with zero attached hydrogens (tertiary/aromatic N) is 3. The van der Waals surface area contributed by atoms with E-state index in [-0.39, 0.29) is 0 Å². The van der Waals surface area contributed by atoms with Gasteiger partial charge in [0.25, 0.3) is 0 Å². The summed E-state index contributed by atoms with van der Waals surface area (Å²) in [5.41, 5.74) is 6.25. The molecular formula is C8H11BrN4. The Morgan fingerprint density at radius 2 is 2.08 bits per heavy atom. The van der Waals surface area contributed by atoms with Crippen LogP contribution < -0.4 is 5.73 Å². The average molecular weight is 243 g/mol. The average Bonchev–Trinajstić information content (AvgIpc) is 2.52. The van der Waals surface area contributed by atoms with Gasteiger partial charge in [-0.25, -0.2) is 9.50 Å². The fraction of sp³-hybridized carbons (Fsp3) is 0.250. The van der Waals surface area contributed by atoms with Crippen LogP contribution in [0.5, 0.6) is 0 Å². The molecule has 0 amide bonds. The Kier molecular flexibility index (Phi) is 3.25. The molecule has 0 aliphatic carbocycles. The molecule has 4 nitrogen and oxygen atoms in total. The zero-order valence-electron chi connectivity index (χ0n) is 7.53. The number of halogens is 1. The van der Waals surface area contributed by atoms with Gasteiger partial charge < -0.3 is 5.73 Å². The van der Waals surface area contributed by atoms with Gasteiger partial charge in [0, 0.05) is 0 Å². The van der Waals surface area contributed by atoms with Gasteiger partial charge >= 0.3 is 0 Å². The third-order valence-electron chi connectivity index (χ3n) is 1.34. The van der Waals surface area contributed by atoms with Crippen LogP contribution in [-0.4, -0.2) is 14.6 Å². The van der Waals surface area contributed by atoms with Crippen LogP contribution in [0.25, 0.3) is 5.65 Å². The molecule has 0 radical (unpaired) electrons. The lowest BCUT2D eigenvalue weighted by Crippen LogP contribution is -1.96. The Morgan fingerprint density at radius 3 is 2.77 bits per heavy atom. The number of nitrogens with two attached hydrogens (primary N) is 1. The number of aromatic nitrogens is 3. The van der Waals surface area contributed by atoms with Crippen molar-refractivity contribution in [2.75, 3.05) is 5.73 Å². The maximum Gasteiger partial charge on any atom is 0.154 e. The first-order valence-electron chi connectivity index (χ1n) is 4.03. The first-order chi connectivity index (χ1) is 6.27. The van der Waals surface area contributed by atoms with Crippen LogP contribution in [0.4, 0.5) is 5.82 Å². The summed E-state index contributed by atoms with van der Waals surface area (Å²) in [7, 11) is 0. The maximum absolute atomic E-state index is 5.47. The van der Waals surface area contributed by atoms with E-state index in [1.54, 1.807) is 16.8 Å². The van der Waals surface area contributed by atoms with Crippen LogP contribution in [0, 0.1) is 0 Å². The number of imidazole rings is 1. The molecule has 2 N–H and O–H groups in total. The monoisotopic (exact) mass is 242 g/mol. The highest BCUT2D eigenvalue weighted by atomic mass is 79.9. The zero-order chi connectivity index (χ0) is 9.84. The molecule has 0 saturated heterocycles. The van der Waals surface area contributed by atoms with Crippen LogP contribution >= 0.6 is 15.9 Å². The third kappa shape index (κ3) is 1.98. The van der Waals surface area contributed by atoms with Crippen LogP contribution in [0.15, 0.2) is 22.9 Å². The van der Waals surface area contributed by atoms with Crippen molar-refractivity contribution >= 4 is 27.4 Å². The minimum absolute atomic E-state index is 0.483. The van der Waals surface area contributed by atoms with Gasteiger partial charge in [-0.05, 0) is 28.1 Å². The molecule has 0 aliphatic heterocycles. The second kappa shape index (κ2) is 4.23. The molecule has 0 aliphatic rings. The van der Waals surface area contributed by atoms with Crippen molar-refractivity contribution in [1.29, 1.82) is 0 Å². The van der Waals surface area contributed by atoms with E-state index in [0.717, 1.165) is 10.3 Å². The van der Waals surface area contributed by atoms with Crippen molar-refractivity contribution in [3.8, 4) is 0 Å². The number of nitrogen functional groups attached to an aromatic ring is 1. The maximum atomic E-state index is 5.47. The Labute approximate surface area is 84.9 Å². The molecule has 0 saturated carbocycles. The van der Waals surface area contributed by atoms with Gasteiger partial charge in [0.1, 0.15) is 10.4 Å². The second-order valence-electron chi connectivity index (χ2n) is 2.11. The topological polar surface area (TPSA) is 56.2 Å². The van der Waals surface area contributed by atoms with Gasteiger partial charge in [-0.3, -0.25) is 0 Å². The van der Waals surface area contributed by atoms with Gasteiger partial charge in [0.05, 0.1) is 6.20 Å². The van der Waals surface area contributed by atoms with Crippen molar-refractivity contribution in [2.45, 2.75) is 13.8 Å². The first-order valence-corrected chi connectivity index (χ1v) is 4.82. The summed E-state index contributed by atoms with van der Waals surface area (Å²) in [5.74, 6) is 0.483. The summed E-state index contributed by atoms with van der Waals surface area (Å²) >= 11 is 3.28. The number of hydrogen-bond acceptors (Lipinski definition) is 3. The second-order valence-corrected chi connectivity index (χ2v) is 2.92. The van der Waals surface area contributed by atoms with E-state index in [1.165, 1.54) is 0 Å². The fourth-order valence-electron chi connectivity index (χ4n) is 0.860. The van der Waals surface area contributed by atoms with Crippen molar-refractivity contribution in [3.63, 3.8) is 0 Å². The van der Waals surface area contributed by atoms with Crippen molar-refractivity contribution in [1.82, 2.24) is 14.6 Å². The first kappa shape index (κ1) is 9.98. The van der Waals surface area contributed by atoms with E-state index >= 15 is 0 Å². The van der Waals surface area contributed by atoms with Gasteiger partial charge in [-0.2, -0.15) is 0 Å². The molecule has 0 bridgehead atoms. The Hall–Kier alpha value is -1.10. The summed E-state index contributed by atoms with van der Waals surface area (Å²) in [5, 5.41) is 4.02. The Bertz CT molecular complexity index is 396. The van der Waals surface area contributed by atoms with E-state index in [4.69, 9.17) is 5.73 Å². The molecule has 0 unspecified atom stereocenters. The summed E-state index contributed by atoms with van der Waals surface area (Å²) < 4.78 is 2.44. The third-order valence-corrected chi connectivity index (χ3v) is 1.88. The molecule has 2 heterocycles. The van der Waals surface area contributed by atoms with Crippen LogP contribution in [0.2, 0.25) is 0 Å². The molecule has 0 atom stereocenters. The molecule has 2 aromatic rings. The van der Waals surface area contributed by atoms with E-state index < -0.39 is 0 Å². The number of rotatable bonds is 0. The molecule has 70 valence electrons. The largest absolute Gasteiger partial charge is 0.382 e. The van der Waals surface area contributed by atoms with E-state index in [2.05, 4.69) is 26.0 Å². The highest BCUT2D eigenvalue weighted by Gasteiger charge is 1.99. The van der Waals surface area contributed by atoms with Gasteiger partial charge in [-0.1, -0.05) is 13.8 Å². The Morgan fingerprint density at radius 1 is 1.38 bits per heavy atom. The highest BCUT2D eigenvalue weighted by molar-refractivity contribution is 9.10. The van der Waals surface area contributed by atoms with Gasteiger partial charge in [0.15, 0.2) is 5.65 Å². The van der Waals surface area contributed by atoms with Crippen molar-refractivity contribution < 1.29 is 0 Å². The standard InChI is InChI=1S/C6H5BrN4.C2H6/c7-4-3-9-6-2-1-5(8)10-11(4)6;1-2/h1-3H,(H2,8,10);1-2H3. The van der Waals surface area contributed by atoms with Gasteiger partial charge in [-0.15, -0.1) is 5.10 Å². The van der Waals surface area contributed by atoms with Crippen molar-refractivity contribution in [2.24, 2.45) is 0 Å². The van der Waals surface area contributed by atoms with Crippen LogP contribution in [-0.2, 0) is 0 Å². The van der Waals surface area contributed by atoms with E-state index in [0.29, 0.717) is 5.82 Å². The molecule has 0 aromatic carbocycles. The predicted molar refractivity (Wildman–Crippen MR) is 56.4 cm³/mol. The number of fused-ring (bicyclic) bond motifs is 1. The predicted octanol–water partition coefficient (Wildman–Crippen LogP) is 2.10. The molecule has 0 spiro atoms. The van der Waals surface area contributed by atoms with Crippen molar-refractivity contribution in [3.05, 3.63) is 22.9 Å². The molecule has 0 fully saturated rings. The number of anilines is 1. The number of hydrogen-bond donors (Lipinski definition) is 1. The molecule has 5 heteroatoms. The van der Waals surface area contributed by atoms with E-state index in [1.807, 2.05) is 19.9 Å². The molecular weight excluding hydrogens is 232 g/mol. The lowest BCUT2D eigenvalue weighted by Gasteiger charge is -1.94.